The number of nitrogens with zero attached hydrogens (tertiary/aromatic N) is 1. The Hall–Kier alpha value is -3.05. The number of H-pyrrole nitrogens is 1. The summed E-state index contributed by atoms with van der Waals surface area (Å²) in [4.78, 5) is 23.8. The molecule has 1 amide bonds. The summed E-state index contributed by atoms with van der Waals surface area (Å²) in [5.74, 6) is -2.52. The molecule has 12 heteroatoms. The second-order valence-corrected chi connectivity index (χ2v) is 5.13. The Morgan fingerprint density at radius 2 is 1.63 bits per heavy atom. The van der Waals surface area contributed by atoms with Gasteiger partial charge < -0.3 is 10.1 Å². The molecule has 146 valence electrons. The third-order valence-electron chi connectivity index (χ3n) is 3.22. The highest BCUT2D eigenvalue weighted by Crippen LogP contribution is 2.36. The number of esters is 1. The molecule has 0 fully saturated rings. The van der Waals surface area contributed by atoms with Crippen molar-refractivity contribution < 1.29 is 40.7 Å². The second kappa shape index (κ2) is 7.29. The lowest BCUT2D eigenvalue weighted by molar-refractivity contribution is -0.143. The van der Waals surface area contributed by atoms with Gasteiger partial charge in [0.15, 0.2) is 0 Å². The lowest BCUT2D eigenvalue weighted by atomic mass is 10.0. The molecule has 0 radical (unpaired) electrons. The van der Waals surface area contributed by atoms with Crippen LogP contribution in [0.2, 0.25) is 0 Å². The molecule has 0 spiro atoms. The fourth-order valence-corrected chi connectivity index (χ4v) is 2.02. The Bertz CT molecular complexity index is 825. The number of carbonyl (C=O) groups excluding carboxylic acids is 2. The number of carbonyl (C=O) groups is 2. The fraction of sp³-hybridized carbons (Fsp3) is 0.267. The van der Waals surface area contributed by atoms with Crippen LogP contribution in [0.5, 0.6) is 0 Å². The first kappa shape index (κ1) is 20.3. The Morgan fingerprint density at radius 1 is 1.07 bits per heavy atom. The fourth-order valence-electron chi connectivity index (χ4n) is 2.02. The molecule has 0 aliphatic carbocycles. The van der Waals surface area contributed by atoms with E-state index in [9.17, 15) is 35.9 Å². The third kappa shape index (κ3) is 4.77. The first-order valence-electron chi connectivity index (χ1n) is 7.24. The van der Waals surface area contributed by atoms with E-state index in [1.807, 2.05) is 5.32 Å². The van der Waals surface area contributed by atoms with Gasteiger partial charge in [0.1, 0.15) is 11.4 Å². The number of hydrogen-bond donors (Lipinski definition) is 2. The SMILES string of the molecule is CCOC(=O)c1cn[nH]c1NC(=O)c1cc(C(F)(F)F)cc(C(F)(F)F)c1. The van der Waals surface area contributed by atoms with Gasteiger partial charge in [-0.3, -0.25) is 9.89 Å². The minimum atomic E-state index is -5.10. The molecule has 0 saturated heterocycles. The average molecular weight is 395 g/mol. The van der Waals surface area contributed by atoms with Gasteiger partial charge in [-0.1, -0.05) is 0 Å². The van der Waals surface area contributed by atoms with Gasteiger partial charge in [-0.2, -0.15) is 31.4 Å². The van der Waals surface area contributed by atoms with Crippen LogP contribution >= 0.6 is 0 Å². The van der Waals surface area contributed by atoms with Crippen molar-refractivity contribution in [1.29, 1.82) is 0 Å². The predicted octanol–water partition coefficient (Wildman–Crippen LogP) is 3.88. The lowest BCUT2D eigenvalue weighted by Gasteiger charge is -2.14. The summed E-state index contributed by atoms with van der Waals surface area (Å²) in [6.45, 7) is 1.51. The zero-order valence-corrected chi connectivity index (χ0v) is 13.5. The van der Waals surface area contributed by atoms with Crippen molar-refractivity contribution in [3.63, 3.8) is 0 Å². The third-order valence-corrected chi connectivity index (χ3v) is 3.22. The van der Waals surface area contributed by atoms with E-state index in [0.29, 0.717) is 0 Å². The summed E-state index contributed by atoms with van der Waals surface area (Å²) in [7, 11) is 0. The van der Waals surface area contributed by atoms with Crippen molar-refractivity contribution >= 4 is 17.7 Å². The van der Waals surface area contributed by atoms with E-state index in [1.165, 1.54) is 6.92 Å². The highest BCUT2D eigenvalue weighted by molar-refractivity contribution is 6.07. The Balaban J connectivity index is 2.40. The van der Waals surface area contributed by atoms with E-state index in [4.69, 9.17) is 4.74 Å². The number of aromatic nitrogens is 2. The number of benzene rings is 1. The number of anilines is 1. The van der Waals surface area contributed by atoms with E-state index in [0.717, 1.165) is 6.20 Å². The Labute approximate surface area is 147 Å². The molecule has 0 bridgehead atoms. The first-order chi connectivity index (χ1) is 12.4. The normalized spacial score (nSPS) is 12.0. The summed E-state index contributed by atoms with van der Waals surface area (Å²) >= 11 is 0. The summed E-state index contributed by atoms with van der Waals surface area (Å²) in [5, 5.41) is 7.70. The molecule has 2 aromatic rings. The van der Waals surface area contributed by atoms with Crippen molar-refractivity contribution in [2.24, 2.45) is 0 Å². The van der Waals surface area contributed by atoms with Crippen LogP contribution in [0.1, 0.15) is 38.8 Å². The van der Waals surface area contributed by atoms with Gasteiger partial charge in [0.25, 0.3) is 5.91 Å². The molecule has 6 nitrogen and oxygen atoms in total. The number of ether oxygens (including phenoxy) is 1. The molecule has 0 aliphatic heterocycles. The molecule has 2 N–H and O–H groups in total. The lowest BCUT2D eigenvalue weighted by Crippen LogP contribution is -2.18. The van der Waals surface area contributed by atoms with Crippen molar-refractivity contribution in [3.05, 3.63) is 46.6 Å². The standard InChI is InChI=1S/C15H11F6N3O3/c1-2-27-13(26)10-6-22-24-11(10)23-12(25)7-3-8(14(16,17)18)5-9(4-7)15(19,20)21/h3-6H,2H2,1H3,(H2,22,23,24,25). The maximum absolute atomic E-state index is 12.9. The van der Waals surface area contributed by atoms with Crippen molar-refractivity contribution in [1.82, 2.24) is 10.2 Å². The minimum Gasteiger partial charge on any atom is -0.462 e. The van der Waals surface area contributed by atoms with Crippen molar-refractivity contribution in [2.75, 3.05) is 11.9 Å². The molecular weight excluding hydrogens is 384 g/mol. The topological polar surface area (TPSA) is 84.1 Å². The number of aromatic amines is 1. The van der Waals surface area contributed by atoms with E-state index in [1.54, 1.807) is 0 Å². The quantitative estimate of drug-likeness (QED) is 0.608. The number of alkyl halides is 6. The minimum absolute atomic E-state index is 0.0000294. The van der Waals surface area contributed by atoms with Crippen LogP contribution in [0, 0.1) is 0 Å². The molecule has 1 heterocycles. The van der Waals surface area contributed by atoms with Crippen LogP contribution in [0.15, 0.2) is 24.4 Å². The van der Waals surface area contributed by atoms with E-state index < -0.39 is 40.9 Å². The number of halogens is 6. The molecule has 27 heavy (non-hydrogen) atoms. The van der Waals surface area contributed by atoms with Crippen LogP contribution in [0.25, 0.3) is 0 Å². The molecule has 1 aromatic carbocycles. The van der Waals surface area contributed by atoms with Gasteiger partial charge in [-0.05, 0) is 25.1 Å². The molecule has 0 atom stereocenters. The molecule has 0 aliphatic rings. The van der Waals surface area contributed by atoms with Gasteiger partial charge in [0, 0.05) is 5.56 Å². The number of nitrogens with one attached hydrogen (secondary N) is 2. The summed E-state index contributed by atoms with van der Waals surface area (Å²) < 4.78 is 81.8. The van der Waals surface area contributed by atoms with E-state index in [2.05, 4.69) is 10.2 Å². The van der Waals surface area contributed by atoms with Gasteiger partial charge in [0.2, 0.25) is 0 Å². The number of hydrogen-bond acceptors (Lipinski definition) is 4. The zero-order chi connectivity index (χ0) is 20.4. The maximum Gasteiger partial charge on any atom is 0.416 e. The van der Waals surface area contributed by atoms with Crippen molar-refractivity contribution in [3.8, 4) is 0 Å². The highest BCUT2D eigenvalue weighted by atomic mass is 19.4. The summed E-state index contributed by atoms with van der Waals surface area (Å²) in [5.41, 5.74) is -4.43. The number of rotatable bonds is 4. The summed E-state index contributed by atoms with van der Waals surface area (Å²) in [6.07, 6.45) is -9.21. The van der Waals surface area contributed by atoms with Crippen LogP contribution in [0.3, 0.4) is 0 Å². The average Bonchev–Trinajstić information content (AvgIpc) is 3.01. The Morgan fingerprint density at radius 3 is 2.11 bits per heavy atom. The van der Waals surface area contributed by atoms with Gasteiger partial charge in [-0.25, -0.2) is 4.79 Å². The molecule has 0 saturated carbocycles. The van der Waals surface area contributed by atoms with Crippen LogP contribution in [-0.2, 0) is 17.1 Å². The number of amides is 1. The molecular formula is C15H11F6N3O3. The van der Waals surface area contributed by atoms with Crippen LogP contribution in [0.4, 0.5) is 32.2 Å². The van der Waals surface area contributed by atoms with Crippen molar-refractivity contribution in [2.45, 2.75) is 19.3 Å². The van der Waals surface area contributed by atoms with Crippen LogP contribution < -0.4 is 5.32 Å². The maximum atomic E-state index is 12.9. The molecule has 1 aromatic heterocycles. The highest BCUT2D eigenvalue weighted by Gasteiger charge is 2.37. The first-order valence-corrected chi connectivity index (χ1v) is 7.24. The Kier molecular flexibility index (Phi) is 5.47. The molecule has 0 unspecified atom stereocenters. The van der Waals surface area contributed by atoms with Crippen LogP contribution in [-0.4, -0.2) is 28.7 Å². The van der Waals surface area contributed by atoms with E-state index in [-0.39, 0.29) is 36.2 Å². The molecule has 2 rings (SSSR count). The zero-order valence-electron chi connectivity index (χ0n) is 13.5. The van der Waals surface area contributed by atoms with Gasteiger partial charge >= 0.3 is 18.3 Å². The second-order valence-electron chi connectivity index (χ2n) is 5.13. The smallest absolute Gasteiger partial charge is 0.416 e. The largest absolute Gasteiger partial charge is 0.462 e. The monoisotopic (exact) mass is 395 g/mol. The predicted molar refractivity (Wildman–Crippen MR) is 78.9 cm³/mol. The summed E-state index contributed by atoms with van der Waals surface area (Å²) in [6, 6.07) is 0.437. The van der Waals surface area contributed by atoms with E-state index >= 15 is 0 Å². The van der Waals surface area contributed by atoms with Gasteiger partial charge in [-0.15, -0.1) is 0 Å². The van der Waals surface area contributed by atoms with Gasteiger partial charge in [0.05, 0.1) is 23.9 Å².